The Bertz CT molecular complexity index is 413. The molecule has 0 aliphatic heterocycles. The van der Waals surface area contributed by atoms with Crippen molar-refractivity contribution in [2.24, 2.45) is 5.41 Å². The number of anilines is 1. The topological polar surface area (TPSA) is 65.8 Å². The third-order valence-electron chi connectivity index (χ3n) is 3.26. The minimum Gasteiger partial charge on any atom is -0.301 e. The van der Waals surface area contributed by atoms with E-state index in [4.69, 9.17) is 0 Å². The first-order valence-electron chi connectivity index (χ1n) is 5.89. The highest BCUT2D eigenvalue weighted by molar-refractivity contribution is 7.13. The Labute approximate surface area is 105 Å². The lowest BCUT2D eigenvalue weighted by Crippen LogP contribution is -2.34. The second-order valence-electron chi connectivity index (χ2n) is 4.40. The number of aromatic nitrogens is 1. The predicted octanol–water partition coefficient (Wildman–Crippen LogP) is 2.95. The molecule has 0 aromatic carbocycles. The largest absolute Gasteiger partial charge is 0.301 e. The maximum atomic E-state index is 12.2. The number of nitrogens with one attached hydrogen (secondary N) is 1. The van der Waals surface area contributed by atoms with Gasteiger partial charge in [-0.3, -0.25) is 4.79 Å². The fraction of sp³-hybridized carbons (Fsp3) is 0.583. The lowest BCUT2D eigenvalue weighted by Gasteiger charge is -2.22. The molecule has 17 heavy (non-hydrogen) atoms. The Hall–Kier alpha value is -1.41. The molecule has 1 aliphatic rings. The molecule has 0 spiro atoms. The van der Waals surface area contributed by atoms with Crippen LogP contribution in [0.2, 0.25) is 0 Å². The van der Waals surface area contributed by atoms with Crippen LogP contribution in [0.1, 0.15) is 38.5 Å². The van der Waals surface area contributed by atoms with E-state index in [0.717, 1.165) is 25.7 Å². The number of hydrogen-bond donors (Lipinski definition) is 1. The zero-order valence-electron chi connectivity index (χ0n) is 9.61. The monoisotopic (exact) mass is 249 g/mol. The highest BCUT2D eigenvalue weighted by Crippen LogP contribution is 2.35. The first-order valence-corrected chi connectivity index (χ1v) is 6.77. The maximum absolute atomic E-state index is 12.2. The van der Waals surface area contributed by atoms with Crippen LogP contribution in [0.5, 0.6) is 0 Å². The van der Waals surface area contributed by atoms with E-state index in [2.05, 4.69) is 16.4 Å². The number of carbonyl (C=O) groups is 1. The Morgan fingerprint density at radius 1 is 1.41 bits per heavy atom. The molecule has 1 fully saturated rings. The molecule has 5 heteroatoms. The fourth-order valence-electron chi connectivity index (χ4n) is 2.22. The molecule has 0 unspecified atom stereocenters. The van der Waals surface area contributed by atoms with Gasteiger partial charge in [-0.2, -0.15) is 5.26 Å². The van der Waals surface area contributed by atoms with E-state index in [-0.39, 0.29) is 5.91 Å². The summed E-state index contributed by atoms with van der Waals surface area (Å²) in [5.41, 5.74) is -0.845. The molecule has 0 bridgehead atoms. The van der Waals surface area contributed by atoms with Gasteiger partial charge in [0.05, 0.1) is 6.07 Å². The second-order valence-corrected chi connectivity index (χ2v) is 5.29. The number of hydrogen-bond acceptors (Lipinski definition) is 4. The second kappa shape index (κ2) is 5.28. The first kappa shape index (κ1) is 12.1. The Kier molecular flexibility index (Phi) is 3.75. The summed E-state index contributed by atoms with van der Waals surface area (Å²) in [4.78, 5) is 16.2. The van der Waals surface area contributed by atoms with Crippen molar-refractivity contribution < 1.29 is 4.79 Å². The number of carbonyl (C=O) groups excluding carboxylic acids is 1. The molecule has 4 nitrogen and oxygen atoms in total. The molecule has 1 aliphatic carbocycles. The Morgan fingerprint density at radius 3 is 2.65 bits per heavy atom. The quantitative estimate of drug-likeness (QED) is 0.819. The van der Waals surface area contributed by atoms with Crippen LogP contribution < -0.4 is 5.32 Å². The predicted molar refractivity (Wildman–Crippen MR) is 66.5 cm³/mol. The van der Waals surface area contributed by atoms with Crippen LogP contribution >= 0.6 is 11.3 Å². The SMILES string of the molecule is N#CC1(C(=O)Nc2nccs2)CCCCCC1. The smallest absolute Gasteiger partial charge is 0.246 e. The summed E-state index contributed by atoms with van der Waals surface area (Å²) in [5.74, 6) is -0.183. The maximum Gasteiger partial charge on any atom is 0.246 e. The van der Waals surface area contributed by atoms with Gasteiger partial charge in [0.25, 0.3) is 0 Å². The molecule has 0 saturated heterocycles. The van der Waals surface area contributed by atoms with Crippen LogP contribution in [-0.4, -0.2) is 10.9 Å². The van der Waals surface area contributed by atoms with Crippen LogP contribution in [-0.2, 0) is 4.79 Å². The average Bonchev–Trinajstić information content (AvgIpc) is 2.72. The first-order chi connectivity index (χ1) is 8.27. The molecule has 90 valence electrons. The van der Waals surface area contributed by atoms with E-state index >= 15 is 0 Å². The van der Waals surface area contributed by atoms with Gasteiger partial charge < -0.3 is 5.32 Å². The van der Waals surface area contributed by atoms with E-state index in [0.29, 0.717) is 18.0 Å². The summed E-state index contributed by atoms with van der Waals surface area (Å²) in [6, 6.07) is 2.23. The molecule has 1 heterocycles. The van der Waals surface area contributed by atoms with Gasteiger partial charge in [-0.05, 0) is 12.8 Å². The van der Waals surface area contributed by atoms with Gasteiger partial charge in [0.2, 0.25) is 5.91 Å². The summed E-state index contributed by atoms with van der Waals surface area (Å²) in [5, 5.41) is 14.5. The highest BCUT2D eigenvalue weighted by Gasteiger charge is 2.39. The number of thiazole rings is 1. The van der Waals surface area contributed by atoms with Crippen molar-refractivity contribution >= 4 is 22.4 Å². The van der Waals surface area contributed by atoms with Gasteiger partial charge in [-0.25, -0.2) is 4.98 Å². The van der Waals surface area contributed by atoms with Crippen molar-refractivity contribution in [3.63, 3.8) is 0 Å². The van der Waals surface area contributed by atoms with E-state index < -0.39 is 5.41 Å². The van der Waals surface area contributed by atoms with E-state index in [1.807, 2.05) is 5.38 Å². The summed E-state index contributed by atoms with van der Waals surface area (Å²) < 4.78 is 0. The summed E-state index contributed by atoms with van der Waals surface area (Å²) >= 11 is 1.38. The Morgan fingerprint density at radius 2 is 2.12 bits per heavy atom. The van der Waals surface area contributed by atoms with Gasteiger partial charge >= 0.3 is 0 Å². The van der Waals surface area contributed by atoms with Gasteiger partial charge in [0, 0.05) is 11.6 Å². The molecule has 2 rings (SSSR count). The van der Waals surface area contributed by atoms with Crippen molar-refractivity contribution in [2.45, 2.75) is 38.5 Å². The average molecular weight is 249 g/mol. The normalized spacial score (nSPS) is 19.0. The zero-order valence-corrected chi connectivity index (χ0v) is 10.4. The minimum atomic E-state index is -0.845. The molecule has 1 N–H and O–H groups in total. The Balaban J connectivity index is 2.11. The van der Waals surface area contributed by atoms with Crippen LogP contribution in [0, 0.1) is 16.7 Å². The lowest BCUT2D eigenvalue weighted by molar-refractivity contribution is -0.123. The number of rotatable bonds is 2. The van der Waals surface area contributed by atoms with Crippen molar-refractivity contribution in [2.75, 3.05) is 5.32 Å². The van der Waals surface area contributed by atoms with Crippen LogP contribution in [0.4, 0.5) is 5.13 Å². The van der Waals surface area contributed by atoms with Gasteiger partial charge in [0.1, 0.15) is 5.41 Å². The van der Waals surface area contributed by atoms with E-state index in [1.165, 1.54) is 11.3 Å². The van der Waals surface area contributed by atoms with E-state index in [1.54, 1.807) is 6.20 Å². The molecular formula is C12H15N3OS. The molecule has 1 aromatic heterocycles. The molecule has 1 saturated carbocycles. The summed E-state index contributed by atoms with van der Waals surface area (Å²) in [6.07, 6.45) is 7.13. The van der Waals surface area contributed by atoms with E-state index in [9.17, 15) is 10.1 Å². The standard InChI is InChI=1S/C12H15N3OS/c13-9-12(5-3-1-2-4-6-12)10(16)15-11-14-7-8-17-11/h7-8H,1-6H2,(H,14,15,16). The van der Waals surface area contributed by atoms with Crippen molar-refractivity contribution in [3.05, 3.63) is 11.6 Å². The van der Waals surface area contributed by atoms with Crippen molar-refractivity contribution in [1.82, 2.24) is 4.98 Å². The minimum absolute atomic E-state index is 0.183. The number of nitriles is 1. The molecule has 0 atom stereocenters. The fourth-order valence-corrected chi connectivity index (χ4v) is 2.75. The van der Waals surface area contributed by atoms with Crippen LogP contribution in [0.25, 0.3) is 0 Å². The zero-order chi connectivity index (χ0) is 12.1. The van der Waals surface area contributed by atoms with Crippen molar-refractivity contribution in [3.8, 4) is 6.07 Å². The van der Waals surface area contributed by atoms with Gasteiger partial charge in [-0.15, -0.1) is 11.3 Å². The number of nitrogens with zero attached hydrogens (tertiary/aromatic N) is 2. The number of amides is 1. The third kappa shape index (κ3) is 2.64. The summed E-state index contributed by atoms with van der Waals surface area (Å²) in [6.45, 7) is 0. The third-order valence-corrected chi connectivity index (χ3v) is 3.95. The van der Waals surface area contributed by atoms with Gasteiger partial charge in [0.15, 0.2) is 5.13 Å². The highest BCUT2D eigenvalue weighted by atomic mass is 32.1. The van der Waals surface area contributed by atoms with Crippen molar-refractivity contribution in [1.29, 1.82) is 5.26 Å². The van der Waals surface area contributed by atoms with Gasteiger partial charge in [-0.1, -0.05) is 25.7 Å². The molecule has 1 amide bonds. The van der Waals surface area contributed by atoms with Crippen LogP contribution in [0.3, 0.4) is 0 Å². The molecule has 0 radical (unpaired) electrons. The lowest BCUT2D eigenvalue weighted by atomic mass is 9.81. The summed E-state index contributed by atoms with van der Waals surface area (Å²) in [7, 11) is 0. The molecular weight excluding hydrogens is 234 g/mol. The van der Waals surface area contributed by atoms with Crippen LogP contribution in [0.15, 0.2) is 11.6 Å². The molecule has 1 aromatic rings.